The van der Waals surface area contributed by atoms with Crippen LogP contribution in [0.25, 0.3) is 6.08 Å². The minimum atomic E-state index is -0.638. The summed E-state index contributed by atoms with van der Waals surface area (Å²) in [7, 11) is 0. The van der Waals surface area contributed by atoms with Gasteiger partial charge in [0.2, 0.25) is 5.90 Å². The molecule has 27 heavy (non-hydrogen) atoms. The predicted molar refractivity (Wildman–Crippen MR) is 96.1 cm³/mol. The number of para-hydroxylation sites is 1. The maximum Gasteiger partial charge on any atom is 0.363 e. The Labute approximate surface area is 154 Å². The first kappa shape index (κ1) is 18.1. The third kappa shape index (κ3) is 4.27. The Morgan fingerprint density at radius 1 is 0.963 bits per heavy atom. The van der Waals surface area contributed by atoms with Crippen LogP contribution in [0.5, 0.6) is 11.5 Å². The smallest absolute Gasteiger partial charge is 0.363 e. The van der Waals surface area contributed by atoms with E-state index in [-0.39, 0.29) is 23.1 Å². The SMILES string of the molecule is CC(=O)Oc1cccc(/C=C2\N=C(c3ccccc3)OC2=O)c1OC(C)=O. The van der Waals surface area contributed by atoms with Gasteiger partial charge < -0.3 is 14.2 Å². The molecule has 0 N–H and O–H groups in total. The molecule has 0 atom stereocenters. The lowest BCUT2D eigenvalue weighted by Gasteiger charge is -2.11. The second-order valence-corrected chi connectivity index (χ2v) is 5.56. The number of ether oxygens (including phenoxy) is 3. The largest absolute Gasteiger partial charge is 0.423 e. The van der Waals surface area contributed by atoms with Gasteiger partial charge in [-0.3, -0.25) is 9.59 Å². The van der Waals surface area contributed by atoms with E-state index in [1.165, 1.54) is 26.0 Å². The molecule has 0 amide bonds. The van der Waals surface area contributed by atoms with Gasteiger partial charge in [-0.15, -0.1) is 0 Å². The molecular weight excluding hydrogens is 350 g/mol. The van der Waals surface area contributed by atoms with Gasteiger partial charge in [0.15, 0.2) is 17.2 Å². The van der Waals surface area contributed by atoms with Crippen molar-refractivity contribution in [3.8, 4) is 11.5 Å². The molecule has 0 aromatic heterocycles. The van der Waals surface area contributed by atoms with E-state index in [4.69, 9.17) is 14.2 Å². The lowest BCUT2D eigenvalue weighted by molar-refractivity contribution is -0.134. The summed E-state index contributed by atoms with van der Waals surface area (Å²) >= 11 is 0. The van der Waals surface area contributed by atoms with E-state index >= 15 is 0 Å². The van der Waals surface area contributed by atoms with Gasteiger partial charge in [-0.1, -0.05) is 30.3 Å². The van der Waals surface area contributed by atoms with Crippen molar-refractivity contribution in [3.63, 3.8) is 0 Å². The fourth-order valence-corrected chi connectivity index (χ4v) is 2.40. The Morgan fingerprint density at radius 2 is 1.67 bits per heavy atom. The van der Waals surface area contributed by atoms with Crippen LogP contribution in [0.15, 0.2) is 59.2 Å². The zero-order valence-electron chi connectivity index (χ0n) is 14.6. The first-order chi connectivity index (χ1) is 12.9. The zero-order valence-corrected chi connectivity index (χ0v) is 14.6. The standard InChI is InChI=1S/C20H15NO6/c1-12(22)25-17-10-6-9-15(18(17)26-13(2)23)11-16-20(24)27-19(21-16)14-7-4-3-5-8-14/h3-11H,1-2H3/b16-11-. The van der Waals surface area contributed by atoms with Gasteiger partial charge in [0.05, 0.1) is 0 Å². The third-order valence-corrected chi connectivity index (χ3v) is 3.44. The number of aliphatic imine (C=N–C) groups is 1. The summed E-state index contributed by atoms with van der Waals surface area (Å²) < 4.78 is 15.4. The van der Waals surface area contributed by atoms with Crippen LogP contribution in [0.2, 0.25) is 0 Å². The van der Waals surface area contributed by atoms with Crippen LogP contribution in [0.3, 0.4) is 0 Å². The Balaban J connectivity index is 2.03. The fraction of sp³-hybridized carbons (Fsp3) is 0.100. The van der Waals surface area contributed by atoms with Crippen molar-refractivity contribution in [1.82, 2.24) is 0 Å². The molecule has 7 heteroatoms. The Kier molecular flexibility index (Phi) is 5.12. The van der Waals surface area contributed by atoms with Crippen LogP contribution in [-0.2, 0) is 19.1 Å². The second kappa shape index (κ2) is 7.65. The van der Waals surface area contributed by atoms with Gasteiger partial charge in [-0.05, 0) is 24.3 Å². The van der Waals surface area contributed by atoms with Gasteiger partial charge in [0.1, 0.15) is 0 Å². The normalized spacial score (nSPS) is 14.5. The van der Waals surface area contributed by atoms with Gasteiger partial charge in [-0.25, -0.2) is 9.79 Å². The molecule has 0 saturated heterocycles. The Bertz CT molecular complexity index is 975. The lowest BCUT2D eigenvalue weighted by atomic mass is 10.1. The summed E-state index contributed by atoms with van der Waals surface area (Å²) in [5.41, 5.74) is 1.03. The topological polar surface area (TPSA) is 91.3 Å². The molecule has 0 saturated carbocycles. The van der Waals surface area contributed by atoms with Crippen LogP contribution < -0.4 is 9.47 Å². The number of cyclic esters (lactones) is 1. The number of hydrogen-bond acceptors (Lipinski definition) is 7. The molecule has 1 aliphatic rings. The van der Waals surface area contributed by atoms with Crippen LogP contribution in [0.1, 0.15) is 25.0 Å². The Morgan fingerprint density at radius 3 is 2.33 bits per heavy atom. The van der Waals surface area contributed by atoms with Crippen LogP contribution in [0, 0.1) is 0 Å². The molecule has 0 aliphatic carbocycles. The van der Waals surface area contributed by atoms with Crippen molar-refractivity contribution in [2.24, 2.45) is 4.99 Å². The molecule has 136 valence electrons. The van der Waals surface area contributed by atoms with Crippen molar-refractivity contribution in [2.45, 2.75) is 13.8 Å². The van der Waals surface area contributed by atoms with Gasteiger partial charge in [0, 0.05) is 25.0 Å². The highest BCUT2D eigenvalue weighted by molar-refractivity contribution is 6.13. The molecule has 0 fully saturated rings. The number of rotatable bonds is 4. The zero-order chi connectivity index (χ0) is 19.4. The van der Waals surface area contributed by atoms with E-state index in [0.717, 1.165) is 0 Å². The van der Waals surface area contributed by atoms with E-state index in [2.05, 4.69) is 4.99 Å². The molecule has 2 aromatic rings. The van der Waals surface area contributed by atoms with E-state index in [0.29, 0.717) is 11.1 Å². The van der Waals surface area contributed by atoms with Crippen molar-refractivity contribution >= 4 is 29.9 Å². The summed E-state index contributed by atoms with van der Waals surface area (Å²) in [5, 5.41) is 0. The maximum atomic E-state index is 12.2. The number of hydrogen-bond donors (Lipinski definition) is 0. The number of benzene rings is 2. The molecule has 7 nitrogen and oxygen atoms in total. The molecule has 1 heterocycles. The van der Waals surface area contributed by atoms with Gasteiger partial charge in [0.25, 0.3) is 0 Å². The predicted octanol–water partition coefficient (Wildman–Crippen LogP) is 2.88. The molecule has 1 aliphatic heterocycles. The van der Waals surface area contributed by atoms with E-state index in [9.17, 15) is 14.4 Å². The summed E-state index contributed by atoms with van der Waals surface area (Å²) in [6.07, 6.45) is 1.41. The van der Waals surface area contributed by atoms with Crippen molar-refractivity contribution in [1.29, 1.82) is 0 Å². The number of carbonyl (C=O) groups excluding carboxylic acids is 3. The molecule has 0 radical (unpaired) electrons. The number of carbonyl (C=O) groups is 3. The van der Waals surface area contributed by atoms with Crippen molar-refractivity contribution in [3.05, 3.63) is 65.4 Å². The van der Waals surface area contributed by atoms with Crippen molar-refractivity contribution in [2.75, 3.05) is 0 Å². The number of nitrogens with zero attached hydrogens (tertiary/aromatic N) is 1. The minimum absolute atomic E-state index is 0.0175. The van der Waals surface area contributed by atoms with Gasteiger partial charge in [-0.2, -0.15) is 0 Å². The molecular formula is C20H15NO6. The van der Waals surface area contributed by atoms with Crippen LogP contribution >= 0.6 is 0 Å². The average molecular weight is 365 g/mol. The van der Waals surface area contributed by atoms with E-state index < -0.39 is 17.9 Å². The average Bonchev–Trinajstić information content (AvgIpc) is 2.98. The van der Waals surface area contributed by atoms with Crippen molar-refractivity contribution < 1.29 is 28.6 Å². The summed E-state index contributed by atoms with van der Waals surface area (Å²) in [6, 6.07) is 13.6. The van der Waals surface area contributed by atoms with E-state index in [1.54, 1.807) is 36.4 Å². The monoisotopic (exact) mass is 365 g/mol. The maximum absolute atomic E-state index is 12.2. The molecule has 0 unspecified atom stereocenters. The third-order valence-electron chi connectivity index (χ3n) is 3.44. The second-order valence-electron chi connectivity index (χ2n) is 5.56. The first-order valence-corrected chi connectivity index (χ1v) is 8.02. The minimum Gasteiger partial charge on any atom is -0.423 e. The molecule has 2 aromatic carbocycles. The molecule has 3 rings (SSSR count). The van der Waals surface area contributed by atoms with Gasteiger partial charge >= 0.3 is 17.9 Å². The summed E-state index contributed by atoms with van der Waals surface area (Å²) in [4.78, 5) is 39.1. The quantitative estimate of drug-likeness (QED) is 0.470. The highest BCUT2D eigenvalue weighted by Crippen LogP contribution is 2.34. The highest BCUT2D eigenvalue weighted by Gasteiger charge is 2.25. The molecule has 0 spiro atoms. The Hall–Kier alpha value is -3.74. The summed E-state index contributed by atoms with van der Waals surface area (Å²) in [6.45, 7) is 2.45. The fourth-order valence-electron chi connectivity index (χ4n) is 2.40. The van der Waals surface area contributed by atoms with E-state index in [1.807, 2.05) is 6.07 Å². The lowest BCUT2D eigenvalue weighted by Crippen LogP contribution is -2.08. The number of esters is 3. The first-order valence-electron chi connectivity index (χ1n) is 8.02. The van der Waals surface area contributed by atoms with Crippen LogP contribution in [-0.4, -0.2) is 23.8 Å². The molecule has 0 bridgehead atoms. The highest BCUT2D eigenvalue weighted by atomic mass is 16.6. The van der Waals surface area contributed by atoms with Crippen LogP contribution in [0.4, 0.5) is 0 Å². The summed E-state index contributed by atoms with van der Waals surface area (Å²) in [5.74, 6) is -1.55.